The van der Waals surface area contributed by atoms with Crippen LogP contribution in [-0.2, 0) is 0 Å². The number of rotatable bonds is 6. The molecule has 2 unspecified atom stereocenters. The zero-order valence-corrected chi connectivity index (χ0v) is 10.4. The maximum Gasteiger partial charge on any atom is 0.0590 e. The van der Waals surface area contributed by atoms with Crippen LogP contribution in [0.4, 0.5) is 0 Å². The van der Waals surface area contributed by atoms with Gasteiger partial charge in [-0.2, -0.15) is 0 Å². The number of hydrogen-bond donors (Lipinski definition) is 1. The van der Waals surface area contributed by atoms with E-state index >= 15 is 0 Å². The quantitative estimate of drug-likeness (QED) is 0.686. The summed E-state index contributed by atoms with van der Waals surface area (Å²) in [6.45, 7) is 7.84. The Kier molecular flexibility index (Phi) is 6.26. The highest BCUT2D eigenvalue weighted by molar-refractivity contribution is 4.76. The summed E-state index contributed by atoms with van der Waals surface area (Å²) in [6.07, 6.45) is 7.73. The van der Waals surface area contributed by atoms with Crippen molar-refractivity contribution in [3.05, 3.63) is 0 Å². The van der Waals surface area contributed by atoms with E-state index < -0.39 is 0 Å². The number of piperidine rings is 1. The van der Waals surface area contributed by atoms with Gasteiger partial charge in [0, 0.05) is 13.1 Å². The van der Waals surface area contributed by atoms with E-state index in [-0.39, 0.29) is 6.10 Å². The number of aliphatic hydroxyl groups excluding tert-OH is 1. The Balaban J connectivity index is 2.02. The highest BCUT2D eigenvalue weighted by Gasteiger charge is 2.23. The average molecular weight is 213 g/mol. The Hall–Kier alpha value is -0.0800. The largest absolute Gasteiger partial charge is 0.393 e. The van der Waals surface area contributed by atoms with Gasteiger partial charge in [-0.3, -0.25) is 0 Å². The minimum Gasteiger partial charge on any atom is -0.393 e. The molecular weight excluding hydrogens is 186 g/mol. The van der Waals surface area contributed by atoms with Crippen molar-refractivity contribution in [3.8, 4) is 0 Å². The summed E-state index contributed by atoms with van der Waals surface area (Å²) in [5.41, 5.74) is 0. The van der Waals surface area contributed by atoms with E-state index in [4.69, 9.17) is 0 Å². The summed E-state index contributed by atoms with van der Waals surface area (Å²) in [7, 11) is 0. The van der Waals surface area contributed by atoms with E-state index in [9.17, 15) is 5.11 Å². The number of unbranched alkanes of at least 4 members (excludes halogenated alkanes) is 4. The number of nitrogens with zero attached hydrogens (tertiary/aromatic N) is 1. The van der Waals surface area contributed by atoms with Crippen LogP contribution in [0.3, 0.4) is 0 Å². The second kappa shape index (κ2) is 7.24. The van der Waals surface area contributed by atoms with E-state index in [1.807, 2.05) is 0 Å². The van der Waals surface area contributed by atoms with Crippen LogP contribution in [0.1, 0.15) is 52.4 Å². The molecule has 0 aliphatic carbocycles. The first-order valence-electron chi connectivity index (χ1n) is 6.64. The Morgan fingerprint density at radius 1 is 1.20 bits per heavy atom. The van der Waals surface area contributed by atoms with Crippen molar-refractivity contribution < 1.29 is 5.11 Å². The first-order valence-corrected chi connectivity index (χ1v) is 6.64. The van der Waals surface area contributed by atoms with Crippen molar-refractivity contribution >= 4 is 0 Å². The lowest BCUT2D eigenvalue weighted by Crippen LogP contribution is -2.42. The third-order valence-corrected chi connectivity index (χ3v) is 3.52. The van der Waals surface area contributed by atoms with Crippen LogP contribution in [-0.4, -0.2) is 35.7 Å². The van der Waals surface area contributed by atoms with Gasteiger partial charge < -0.3 is 10.0 Å². The van der Waals surface area contributed by atoms with Gasteiger partial charge in [0.1, 0.15) is 0 Å². The monoisotopic (exact) mass is 213 g/mol. The van der Waals surface area contributed by atoms with Crippen molar-refractivity contribution in [2.75, 3.05) is 19.6 Å². The predicted octanol–water partition coefficient (Wildman–Crippen LogP) is 2.66. The average Bonchev–Trinajstić information content (AvgIpc) is 2.23. The summed E-state index contributed by atoms with van der Waals surface area (Å²) in [6, 6.07) is 0. The Bertz CT molecular complexity index is 161. The molecule has 0 aromatic rings. The molecule has 0 amide bonds. The van der Waals surface area contributed by atoms with Crippen molar-refractivity contribution in [1.82, 2.24) is 4.90 Å². The van der Waals surface area contributed by atoms with Crippen LogP contribution in [0, 0.1) is 5.92 Å². The molecule has 0 radical (unpaired) electrons. The molecule has 1 rings (SSSR count). The second-order valence-corrected chi connectivity index (χ2v) is 5.05. The maximum absolute atomic E-state index is 9.61. The van der Waals surface area contributed by atoms with Gasteiger partial charge in [-0.15, -0.1) is 0 Å². The fourth-order valence-electron chi connectivity index (χ4n) is 2.36. The standard InChI is InChI=1S/C13H27NO/c1-3-4-5-6-7-9-14-10-8-13(15)12(2)11-14/h12-13,15H,3-11H2,1-2H3. The first-order chi connectivity index (χ1) is 7.24. The molecule has 1 saturated heterocycles. The smallest absolute Gasteiger partial charge is 0.0590 e. The van der Waals surface area contributed by atoms with Gasteiger partial charge >= 0.3 is 0 Å². The van der Waals surface area contributed by atoms with E-state index in [1.165, 1.54) is 38.6 Å². The minimum atomic E-state index is -0.0543. The second-order valence-electron chi connectivity index (χ2n) is 5.05. The minimum absolute atomic E-state index is 0.0543. The van der Waals surface area contributed by atoms with Crippen LogP contribution >= 0.6 is 0 Å². The molecule has 15 heavy (non-hydrogen) atoms. The van der Waals surface area contributed by atoms with Gasteiger partial charge in [0.2, 0.25) is 0 Å². The summed E-state index contributed by atoms with van der Waals surface area (Å²) < 4.78 is 0. The molecule has 0 aromatic heterocycles. The molecule has 0 spiro atoms. The Morgan fingerprint density at radius 3 is 2.60 bits per heavy atom. The zero-order chi connectivity index (χ0) is 11.1. The topological polar surface area (TPSA) is 23.5 Å². The van der Waals surface area contributed by atoms with Crippen LogP contribution in [0.15, 0.2) is 0 Å². The lowest BCUT2D eigenvalue weighted by atomic mass is 9.96. The van der Waals surface area contributed by atoms with Crippen LogP contribution in [0.5, 0.6) is 0 Å². The number of aliphatic hydroxyl groups is 1. The van der Waals surface area contributed by atoms with E-state index in [0.717, 1.165) is 19.5 Å². The van der Waals surface area contributed by atoms with Gasteiger partial charge in [0.25, 0.3) is 0 Å². The van der Waals surface area contributed by atoms with Crippen molar-refractivity contribution in [2.24, 2.45) is 5.92 Å². The molecule has 90 valence electrons. The molecule has 0 aromatic carbocycles. The fraction of sp³-hybridized carbons (Fsp3) is 1.00. The first kappa shape index (κ1) is 13.0. The molecule has 0 bridgehead atoms. The van der Waals surface area contributed by atoms with Gasteiger partial charge in [-0.1, -0.05) is 39.5 Å². The molecule has 0 saturated carbocycles. The van der Waals surface area contributed by atoms with E-state index in [2.05, 4.69) is 18.7 Å². The molecular formula is C13H27NO. The predicted molar refractivity (Wildman–Crippen MR) is 65.0 cm³/mol. The number of hydrogen-bond acceptors (Lipinski definition) is 2. The third kappa shape index (κ3) is 4.98. The van der Waals surface area contributed by atoms with Crippen LogP contribution in [0.25, 0.3) is 0 Å². The summed E-state index contributed by atoms with van der Waals surface area (Å²) in [4.78, 5) is 2.52. The summed E-state index contributed by atoms with van der Waals surface area (Å²) in [5.74, 6) is 0.467. The van der Waals surface area contributed by atoms with Crippen LogP contribution in [0.2, 0.25) is 0 Å². The molecule has 1 heterocycles. The van der Waals surface area contributed by atoms with Gasteiger partial charge in [0.15, 0.2) is 0 Å². The Morgan fingerprint density at radius 2 is 1.93 bits per heavy atom. The highest BCUT2D eigenvalue weighted by Crippen LogP contribution is 2.17. The van der Waals surface area contributed by atoms with E-state index in [1.54, 1.807) is 0 Å². The Labute approximate surface area is 94.7 Å². The number of likely N-dealkylation sites (tertiary alicyclic amines) is 1. The summed E-state index contributed by atoms with van der Waals surface area (Å²) in [5, 5.41) is 9.61. The van der Waals surface area contributed by atoms with Gasteiger partial charge in [0.05, 0.1) is 6.10 Å². The maximum atomic E-state index is 9.61. The fourth-order valence-corrected chi connectivity index (χ4v) is 2.36. The lowest BCUT2D eigenvalue weighted by Gasteiger charge is -2.34. The zero-order valence-electron chi connectivity index (χ0n) is 10.4. The van der Waals surface area contributed by atoms with Crippen molar-refractivity contribution in [2.45, 2.75) is 58.5 Å². The molecule has 2 nitrogen and oxygen atoms in total. The van der Waals surface area contributed by atoms with E-state index in [0.29, 0.717) is 5.92 Å². The van der Waals surface area contributed by atoms with Gasteiger partial charge in [-0.25, -0.2) is 0 Å². The molecule has 2 atom stereocenters. The van der Waals surface area contributed by atoms with Crippen molar-refractivity contribution in [1.29, 1.82) is 0 Å². The van der Waals surface area contributed by atoms with Gasteiger partial charge in [-0.05, 0) is 25.3 Å². The third-order valence-electron chi connectivity index (χ3n) is 3.52. The summed E-state index contributed by atoms with van der Waals surface area (Å²) >= 11 is 0. The van der Waals surface area contributed by atoms with Crippen LogP contribution < -0.4 is 0 Å². The molecule has 1 N–H and O–H groups in total. The SMILES string of the molecule is CCCCCCCN1CCC(O)C(C)C1. The molecule has 2 heteroatoms. The molecule has 1 aliphatic rings. The lowest BCUT2D eigenvalue weighted by molar-refractivity contribution is 0.0345. The molecule has 1 aliphatic heterocycles. The normalized spacial score (nSPS) is 28.2. The molecule has 1 fully saturated rings. The van der Waals surface area contributed by atoms with Crippen molar-refractivity contribution in [3.63, 3.8) is 0 Å². The highest BCUT2D eigenvalue weighted by atomic mass is 16.3.